The largest absolute Gasteiger partial charge is 0.416 e. The number of carbonyl (C=O) groups is 2. The summed E-state index contributed by atoms with van der Waals surface area (Å²) in [6, 6.07) is 8.77. The van der Waals surface area contributed by atoms with Crippen LogP contribution >= 0.6 is 0 Å². The molecule has 2 heterocycles. The van der Waals surface area contributed by atoms with Crippen LogP contribution in [0.25, 0.3) is 0 Å². The molecule has 2 aromatic carbocycles. The van der Waals surface area contributed by atoms with E-state index >= 15 is 0 Å². The molecule has 2 aliphatic carbocycles. The highest BCUT2D eigenvalue weighted by atomic mass is 19.4. The molecule has 4 aliphatic rings. The van der Waals surface area contributed by atoms with E-state index < -0.39 is 35.2 Å². The molecular formula is C28H28F6N4O2. The summed E-state index contributed by atoms with van der Waals surface area (Å²) in [5.74, 6) is -0.460. The van der Waals surface area contributed by atoms with Gasteiger partial charge in [0.05, 0.1) is 16.8 Å². The van der Waals surface area contributed by atoms with Crippen LogP contribution < -0.4 is 16.0 Å². The van der Waals surface area contributed by atoms with Gasteiger partial charge in [0.1, 0.15) is 17.4 Å². The predicted molar refractivity (Wildman–Crippen MR) is 134 cm³/mol. The van der Waals surface area contributed by atoms with Gasteiger partial charge in [-0.25, -0.2) is 0 Å². The summed E-state index contributed by atoms with van der Waals surface area (Å²) in [6.07, 6.45) is -1.28. The van der Waals surface area contributed by atoms with Crippen LogP contribution in [0.3, 0.4) is 0 Å². The van der Waals surface area contributed by atoms with Gasteiger partial charge < -0.3 is 10.6 Å². The molecule has 1 saturated heterocycles. The minimum Gasteiger partial charge on any atom is -0.336 e. The highest BCUT2D eigenvalue weighted by molar-refractivity contribution is 6.46. The number of nitrogens with one attached hydrogen (secondary N) is 3. The van der Waals surface area contributed by atoms with Crippen molar-refractivity contribution in [2.45, 2.75) is 81.1 Å². The summed E-state index contributed by atoms with van der Waals surface area (Å²) >= 11 is 0. The number of alkyl halides is 6. The molecule has 2 saturated carbocycles. The molecular weight excluding hydrogens is 538 g/mol. The first-order valence-electron chi connectivity index (χ1n) is 13.2. The fraction of sp³-hybridized carbons (Fsp3) is 0.464. The van der Waals surface area contributed by atoms with Gasteiger partial charge in [0.25, 0.3) is 5.91 Å². The SMILES string of the molecule is O=C1NC2(CCCC2)N=C1c1ccc(C(F)(F)F)cc1.O=C1NC2(CCCC2)NC1c1ccc(C(F)(F)F)cc1. The molecule has 2 amide bonds. The second-order valence-electron chi connectivity index (χ2n) is 10.7. The summed E-state index contributed by atoms with van der Waals surface area (Å²) in [6.45, 7) is 0. The average Bonchev–Trinajstić information content (AvgIpc) is 3.68. The number of benzene rings is 2. The lowest BCUT2D eigenvalue weighted by atomic mass is 10.0. The third-order valence-electron chi connectivity index (χ3n) is 7.88. The van der Waals surface area contributed by atoms with Gasteiger partial charge in [-0.1, -0.05) is 24.3 Å². The van der Waals surface area contributed by atoms with Gasteiger partial charge in [0, 0.05) is 5.56 Å². The summed E-state index contributed by atoms with van der Waals surface area (Å²) in [7, 11) is 0. The molecule has 2 aliphatic heterocycles. The highest BCUT2D eigenvalue weighted by Gasteiger charge is 2.46. The van der Waals surface area contributed by atoms with E-state index in [4.69, 9.17) is 0 Å². The first-order chi connectivity index (χ1) is 18.8. The van der Waals surface area contributed by atoms with Crippen molar-refractivity contribution in [3.05, 3.63) is 70.8 Å². The maximum Gasteiger partial charge on any atom is 0.416 e. The molecule has 3 fully saturated rings. The zero-order valence-electron chi connectivity index (χ0n) is 21.4. The van der Waals surface area contributed by atoms with Gasteiger partial charge in [-0.15, -0.1) is 0 Å². The van der Waals surface area contributed by atoms with E-state index in [-0.39, 0.29) is 23.2 Å². The summed E-state index contributed by atoms with van der Waals surface area (Å²) in [4.78, 5) is 28.4. The number of aliphatic imine (C=N–C) groups is 1. The number of nitrogens with zero attached hydrogens (tertiary/aromatic N) is 1. The third-order valence-corrected chi connectivity index (χ3v) is 7.88. The number of hydrogen-bond donors (Lipinski definition) is 3. The minimum atomic E-state index is -4.37. The Balaban J connectivity index is 0.000000161. The molecule has 2 aromatic rings. The topological polar surface area (TPSA) is 82.6 Å². The summed E-state index contributed by atoms with van der Waals surface area (Å²) in [5.41, 5.74) is -1.07. The van der Waals surface area contributed by atoms with Gasteiger partial charge in [-0.3, -0.25) is 19.9 Å². The van der Waals surface area contributed by atoms with Crippen LogP contribution in [0.2, 0.25) is 0 Å². The Morgan fingerprint density at radius 2 is 1.20 bits per heavy atom. The lowest BCUT2D eigenvalue weighted by Crippen LogP contribution is -2.46. The monoisotopic (exact) mass is 566 g/mol. The van der Waals surface area contributed by atoms with Gasteiger partial charge in [0.2, 0.25) is 5.91 Å². The Bertz CT molecular complexity index is 1290. The molecule has 2 spiro atoms. The normalized spacial score (nSPS) is 23.1. The van der Waals surface area contributed by atoms with Crippen LogP contribution in [0.5, 0.6) is 0 Å². The maximum atomic E-state index is 12.5. The van der Waals surface area contributed by atoms with Gasteiger partial charge >= 0.3 is 12.4 Å². The molecule has 0 radical (unpaired) electrons. The Kier molecular flexibility index (Phi) is 7.18. The number of carbonyl (C=O) groups excluding carboxylic acids is 2. The maximum absolute atomic E-state index is 12.5. The molecule has 6 rings (SSSR count). The molecule has 12 heteroatoms. The van der Waals surface area contributed by atoms with E-state index in [1.165, 1.54) is 24.3 Å². The quantitative estimate of drug-likeness (QED) is 0.412. The van der Waals surface area contributed by atoms with Gasteiger partial charge in [-0.2, -0.15) is 26.3 Å². The van der Waals surface area contributed by atoms with Crippen molar-refractivity contribution in [2.24, 2.45) is 4.99 Å². The van der Waals surface area contributed by atoms with E-state index in [1.54, 1.807) is 0 Å². The van der Waals surface area contributed by atoms with Crippen molar-refractivity contribution in [1.29, 1.82) is 0 Å². The highest BCUT2D eigenvalue weighted by Crippen LogP contribution is 2.37. The first kappa shape index (κ1) is 28.1. The summed E-state index contributed by atoms with van der Waals surface area (Å²) < 4.78 is 75.1. The van der Waals surface area contributed by atoms with Crippen molar-refractivity contribution in [3.63, 3.8) is 0 Å². The second kappa shape index (κ2) is 10.2. The average molecular weight is 567 g/mol. The van der Waals surface area contributed by atoms with E-state index in [9.17, 15) is 35.9 Å². The lowest BCUT2D eigenvalue weighted by Gasteiger charge is -2.23. The fourth-order valence-electron chi connectivity index (χ4n) is 5.81. The standard InChI is InChI=1S/C14H15F3N2O.C14H13F3N2O/c2*15-14(16,17)10-5-3-9(4-6-10)11-12(20)19-13(18-11)7-1-2-8-13/h3-6,11,18H,1-2,7-8H2,(H,19,20);3-6H,1-2,7-8H2,(H,19,20). The van der Waals surface area contributed by atoms with Crippen LogP contribution in [0, 0.1) is 0 Å². The van der Waals surface area contributed by atoms with E-state index in [2.05, 4.69) is 20.9 Å². The smallest absolute Gasteiger partial charge is 0.336 e. The minimum absolute atomic E-state index is 0.161. The number of amides is 2. The predicted octanol–water partition coefficient (Wildman–Crippen LogP) is 5.63. The van der Waals surface area contributed by atoms with E-state index in [0.29, 0.717) is 11.1 Å². The van der Waals surface area contributed by atoms with Crippen molar-refractivity contribution < 1.29 is 35.9 Å². The Labute approximate surface area is 226 Å². The summed E-state index contributed by atoms with van der Waals surface area (Å²) in [5, 5.41) is 9.06. The van der Waals surface area contributed by atoms with Crippen molar-refractivity contribution in [3.8, 4) is 0 Å². The Morgan fingerprint density at radius 1 is 0.700 bits per heavy atom. The van der Waals surface area contributed by atoms with Crippen LogP contribution in [-0.4, -0.2) is 28.9 Å². The number of hydrogen-bond acceptors (Lipinski definition) is 4. The van der Waals surface area contributed by atoms with E-state index in [1.807, 2.05) is 0 Å². The zero-order chi connectivity index (χ0) is 28.8. The first-order valence-corrected chi connectivity index (χ1v) is 13.2. The van der Waals surface area contributed by atoms with Crippen LogP contribution in [0.4, 0.5) is 26.3 Å². The van der Waals surface area contributed by atoms with Crippen LogP contribution in [0.15, 0.2) is 53.5 Å². The molecule has 3 N–H and O–H groups in total. The molecule has 6 nitrogen and oxygen atoms in total. The Hall–Kier alpha value is -3.41. The molecule has 1 atom stereocenters. The molecule has 0 bridgehead atoms. The number of halogens is 6. The van der Waals surface area contributed by atoms with Gasteiger partial charge in [0.15, 0.2) is 0 Å². The number of rotatable bonds is 2. The van der Waals surface area contributed by atoms with Crippen molar-refractivity contribution in [2.75, 3.05) is 0 Å². The molecule has 0 aromatic heterocycles. The second-order valence-corrected chi connectivity index (χ2v) is 10.7. The fourth-order valence-corrected chi connectivity index (χ4v) is 5.81. The molecule has 1 unspecified atom stereocenters. The zero-order valence-corrected chi connectivity index (χ0v) is 21.4. The molecule has 40 heavy (non-hydrogen) atoms. The van der Waals surface area contributed by atoms with Crippen molar-refractivity contribution in [1.82, 2.24) is 16.0 Å². The lowest BCUT2D eigenvalue weighted by molar-refractivity contribution is -0.138. The van der Waals surface area contributed by atoms with Crippen LogP contribution in [0.1, 0.15) is 79.7 Å². The van der Waals surface area contributed by atoms with E-state index in [0.717, 1.165) is 75.6 Å². The van der Waals surface area contributed by atoms with Crippen LogP contribution in [-0.2, 0) is 21.9 Å². The third kappa shape index (κ3) is 5.72. The molecule has 214 valence electrons. The van der Waals surface area contributed by atoms with Crippen molar-refractivity contribution >= 4 is 17.5 Å². The van der Waals surface area contributed by atoms with Gasteiger partial charge in [-0.05, 0) is 81.2 Å². The Morgan fingerprint density at radius 3 is 1.73 bits per heavy atom.